The van der Waals surface area contributed by atoms with Gasteiger partial charge in [-0.2, -0.15) is 0 Å². The lowest BCUT2D eigenvalue weighted by Crippen LogP contribution is -2.63. The van der Waals surface area contributed by atoms with Crippen LogP contribution in [0.2, 0.25) is 0 Å². The molecule has 4 aliphatic rings. The predicted octanol–water partition coefficient (Wildman–Crippen LogP) is 4.04. The van der Waals surface area contributed by atoms with Crippen LogP contribution in [-0.4, -0.2) is 64.7 Å². The van der Waals surface area contributed by atoms with E-state index in [4.69, 9.17) is 14.0 Å². The van der Waals surface area contributed by atoms with E-state index in [1.807, 2.05) is 13.8 Å². The summed E-state index contributed by atoms with van der Waals surface area (Å²) in [5, 5.41) is 31.1. The third-order valence-electron chi connectivity index (χ3n) is 9.26. The maximum Gasteiger partial charge on any atom is 0.265 e. The predicted molar refractivity (Wildman–Crippen MR) is 150 cm³/mol. The molecule has 1 aromatic heterocycles. The normalized spacial score (nSPS) is 26.1. The summed E-state index contributed by atoms with van der Waals surface area (Å²) in [6, 6.07) is -0.685. The minimum Gasteiger partial charge on any atom is -0.507 e. The van der Waals surface area contributed by atoms with Crippen LogP contribution in [0, 0.1) is 17.7 Å². The Morgan fingerprint density at radius 1 is 1.05 bits per heavy atom. The van der Waals surface area contributed by atoms with Gasteiger partial charge in [-0.15, -0.1) is 0 Å². The number of ether oxygens (including phenoxy) is 2. The van der Waals surface area contributed by atoms with Crippen LogP contribution in [0.5, 0.6) is 11.6 Å². The van der Waals surface area contributed by atoms with Crippen LogP contribution in [0.15, 0.2) is 10.1 Å². The van der Waals surface area contributed by atoms with Gasteiger partial charge < -0.3 is 29.5 Å². The Balaban J connectivity index is 1.49. The second kappa shape index (κ2) is 10.8. The van der Waals surface area contributed by atoms with E-state index < -0.39 is 46.6 Å². The summed E-state index contributed by atoms with van der Waals surface area (Å²) in [7, 11) is 3.54. The highest BCUT2D eigenvalue weighted by molar-refractivity contribution is 6.26. The molecule has 3 N–H and O–H groups in total. The molecule has 0 saturated heterocycles. The second-order valence-electron chi connectivity index (χ2n) is 12.0. The Morgan fingerprint density at radius 2 is 1.74 bits per heavy atom. The third-order valence-corrected chi connectivity index (χ3v) is 9.26. The average Bonchev–Trinajstić information content (AvgIpc) is 3.61. The van der Waals surface area contributed by atoms with Crippen LogP contribution in [0.4, 0.5) is 4.39 Å². The summed E-state index contributed by atoms with van der Waals surface area (Å²) in [6.45, 7) is 5.40. The highest BCUT2D eigenvalue weighted by Crippen LogP contribution is 2.56. The van der Waals surface area contributed by atoms with Crippen LogP contribution in [-0.2, 0) is 24.3 Å². The average molecular weight is 584 g/mol. The lowest BCUT2D eigenvalue weighted by Gasteiger charge is -2.49. The first-order valence-electron chi connectivity index (χ1n) is 14.9. The number of benzene rings is 1. The highest BCUT2D eigenvalue weighted by atomic mass is 19.1. The molecule has 1 saturated carbocycles. The first-order valence-corrected chi connectivity index (χ1v) is 14.9. The minimum absolute atomic E-state index is 0.0508. The molecule has 6 rings (SSSR count). The molecule has 0 unspecified atom stereocenters. The molecule has 1 fully saturated rings. The zero-order chi connectivity index (χ0) is 29.9. The first kappa shape index (κ1) is 28.8. The fourth-order valence-electron chi connectivity index (χ4n) is 7.18. The molecule has 0 spiro atoms. The van der Waals surface area contributed by atoms with E-state index in [-0.39, 0.29) is 41.2 Å². The van der Waals surface area contributed by atoms with Gasteiger partial charge in [-0.3, -0.25) is 14.5 Å². The number of carbonyl (C=O) groups excluding carboxylic acids is 2. The van der Waals surface area contributed by atoms with Crippen molar-refractivity contribution in [1.82, 2.24) is 15.4 Å². The number of unbranched alkanes of at least 4 members (excludes halogenated alkanes) is 2. The molecule has 3 aliphatic carbocycles. The quantitative estimate of drug-likeness (QED) is 0.293. The van der Waals surface area contributed by atoms with Gasteiger partial charge in [0.05, 0.1) is 24.8 Å². The van der Waals surface area contributed by atoms with Crippen molar-refractivity contribution in [2.24, 2.45) is 11.8 Å². The molecule has 2 aromatic rings. The van der Waals surface area contributed by atoms with Crippen molar-refractivity contribution in [2.45, 2.75) is 77.1 Å². The van der Waals surface area contributed by atoms with Crippen molar-refractivity contribution >= 4 is 17.3 Å². The summed E-state index contributed by atoms with van der Waals surface area (Å²) in [4.78, 5) is 30.2. The van der Waals surface area contributed by atoms with Crippen LogP contribution in [0.25, 0.3) is 5.76 Å². The van der Waals surface area contributed by atoms with Gasteiger partial charge in [-0.25, -0.2) is 4.39 Å². The number of fused-ring (bicyclic) bond motifs is 5. The number of Topliss-reactive ketones (excluding diaryl/α,β-unsaturated/α-hetero) is 2. The van der Waals surface area contributed by atoms with Gasteiger partial charge in [0, 0.05) is 41.3 Å². The van der Waals surface area contributed by atoms with Crippen molar-refractivity contribution in [3.8, 4) is 11.6 Å². The molecule has 42 heavy (non-hydrogen) atoms. The fourth-order valence-corrected chi connectivity index (χ4v) is 7.18. The Hall–Kier alpha value is -3.28. The van der Waals surface area contributed by atoms with Gasteiger partial charge in [0.2, 0.25) is 11.6 Å². The van der Waals surface area contributed by atoms with E-state index in [2.05, 4.69) is 10.5 Å². The highest BCUT2D eigenvalue weighted by Gasteiger charge is 2.65. The Bertz CT molecular complexity index is 1480. The summed E-state index contributed by atoms with van der Waals surface area (Å²) in [5.74, 6) is -3.58. The summed E-state index contributed by atoms with van der Waals surface area (Å²) >= 11 is 0. The van der Waals surface area contributed by atoms with Crippen molar-refractivity contribution in [2.75, 3.05) is 27.3 Å². The fraction of sp³-hybridized carbons (Fsp3) is 0.581. The maximum atomic E-state index is 16.0. The van der Waals surface area contributed by atoms with E-state index in [9.17, 15) is 19.8 Å². The minimum atomic E-state index is -2.49. The smallest absolute Gasteiger partial charge is 0.265 e. The Morgan fingerprint density at radius 3 is 2.43 bits per heavy atom. The van der Waals surface area contributed by atoms with Crippen molar-refractivity contribution < 1.29 is 38.2 Å². The number of aromatic nitrogens is 1. The summed E-state index contributed by atoms with van der Waals surface area (Å²) in [5.41, 5.74) is -1.03. The van der Waals surface area contributed by atoms with E-state index in [1.54, 1.807) is 19.0 Å². The number of rotatable bonds is 9. The maximum absolute atomic E-state index is 16.0. The van der Waals surface area contributed by atoms with Gasteiger partial charge in [0.1, 0.15) is 22.9 Å². The molecule has 10 nitrogen and oxygen atoms in total. The van der Waals surface area contributed by atoms with Crippen molar-refractivity contribution in [3.05, 3.63) is 45.0 Å². The van der Waals surface area contributed by atoms with Crippen LogP contribution in [0.1, 0.15) is 90.4 Å². The number of ketones is 2. The van der Waals surface area contributed by atoms with Crippen molar-refractivity contribution in [1.29, 1.82) is 0 Å². The number of aliphatic hydroxyl groups excluding tert-OH is 1. The number of hydrogen-bond donors (Lipinski definition) is 3. The zero-order valence-electron chi connectivity index (χ0n) is 24.5. The number of nitrogens with one attached hydrogen (secondary N) is 1. The number of aliphatic hydroxyl groups is 2. The van der Waals surface area contributed by atoms with Gasteiger partial charge in [-0.05, 0) is 50.9 Å². The molecule has 0 amide bonds. The SMILES string of the molecule is CCCCOc1noc2c1C(=O)[C@@]1(O)C(=O)C3=C(O)c4c(c(F)c5c(c4OCCCC)CNC5)C[C@H]3C[C@H]1[C@@H]2N(C)C. The zero-order valence-corrected chi connectivity index (χ0v) is 24.5. The topological polar surface area (TPSA) is 134 Å². The summed E-state index contributed by atoms with van der Waals surface area (Å²) in [6.07, 6.45) is 3.49. The molecule has 1 aliphatic heterocycles. The number of hydrogen-bond acceptors (Lipinski definition) is 10. The number of halogens is 1. The molecule has 11 heteroatoms. The lowest BCUT2D eigenvalue weighted by molar-refractivity contribution is -0.142. The standard InChI is InChI=1S/C31H38FN3O7/c1-5-7-9-40-26-18-14-33-13-17(18)23(32)16-11-15-12-19-24(35(3)4)27-22(30(34-42-27)41-10-8-6-2)29(38)31(19,39)28(37)20(15)25(36)21(16)26/h15,19,24,33,36,39H,5-14H2,1-4H3/t15-,19-,24-,31-/m0/s1. The molecule has 0 radical (unpaired) electrons. The van der Waals surface area contributed by atoms with Crippen molar-refractivity contribution in [3.63, 3.8) is 0 Å². The molecule has 0 bridgehead atoms. The lowest BCUT2D eigenvalue weighted by atomic mass is 9.57. The van der Waals surface area contributed by atoms with Gasteiger partial charge in [0.25, 0.3) is 5.88 Å². The van der Waals surface area contributed by atoms with E-state index in [0.29, 0.717) is 48.7 Å². The molecular weight excluding hydrogens is 545 g/mol. The summed E-state index contributed by atoms with van der Waals surface area (Å²) < 4.78 is 33.5. The molecule has 2 heterocycles. The Kier molecular flexibility index (Phi) is 7.39. The van der Waals surface area contributed by atoms with Crippen LogP contribution >= 0.6 is 0 Å². The van der Waals surface area contributed by atoms with Crippen LogP contribution < -0.4 is 14.8 Å². The number of nitrogens with zero attached hydrogens (tertiary/aromatic N) is 2. The molecule has 226 valence electrons. The Labute approximate surface area is 243 Å². The van der Waals surface area contributed by atoms with Gasteiger partial charge in [0.15, 0.2) is 11.4 Å². The van der Waals surface area contributed by atoms with Gasteiger partial charge in [-0.1, -0.05) is 26.7 Å². The van der Waals surface area contributed by atoms with E-state index in [0.717, 1.165) is 25.7 Å². The second-order valence-corrected chi connectivity index (χ2v) is 12.0. The van der Waals surface area contributed by atoms with Gasteiger partial charge >= 0.3 is 0 Å². The molecule has 1 aromatic carbocycles. The van der Waals surface area contributed by atoms with E-state index >= 15 is 4.39 Å². The molecular formula is C31H38FN3O7. The molecule has 4 atom stereocenters. The largest absolute Gasteiger partial charge is 0.507 e. The first-order chi connectivity index (χ1) is 20.2. The number of carbonyl (C=O) groups is 2. The van der Waals surface area contributed by atoms with Crippen LogP contribution in [0.3, 0.4) is 0 Å². The van der Waals surface area contributed by atoms with E-state index in [1.165, 1.54) is 0 Å². The third kappa shape index (κ3) is 4.04. The monoisotopic (exact) mass is 583 g/mol.